The van der Waals surface area contributed by atoms with Crippen molar-refractivity contribution in [3.05, 3.63) is 33.9 Å². The van der Waals surface area contributed by atoms with Crippen molar-refractivity contribution in [3.8, 4) is 6.07 Å². The summed E-state index contributed by atoms with van der Waals surface area (Å²) in [6, 6.07) is 3.90. The van der Waals surface area contributed by atoms with Crippen LogP contribution in [0.2, 0.25) is 0 Å². The molecule has 8 nitrogen and oxygen atoms in total. The Morgan fingerprint density at radius 3 is 2.70 bits per heavy atom. The first-order valence-electron chi connectivity index (χ1n) is 8.79. The number of pyridine rings is 2. The molecule has 1 aliphatic rings. The Kier molecular flexibility index (Phi) is 4.99. The lowest BCUT2D eigenvalue weighted by atomic mass is 9.91. The number of nitrogens with zero attached hydrogens (tertiary/aromatic N) is 3. The Hall–Kier alpha value is -2.41. The summed E-state index contributed by atoms with van der Waals surface area (Å²) < 4.78 is 5.17. The molecule has 27 heavy (non-hydrogen) atoms. The highest BCUT2D eigenvalue weighted by Crippen LogP contribution is 2.34. The van der Waals surface area contributed by atoms with Gasteiger partial charge in [-0.05, 0) is 32.3 Å². The molecule has 2 radical (unpaired) electrons. The van der Waals surface area contributed by atoms with Gasteiger partial charge in [0.2, 0.25) is 5.87 Å². The number of hydrogen-bond acceptors (Lipinski definition) is 7. The molecule has 0 saturated carbocycles. The van der Waals surface area contributed by atoms with Gasteiger partial charge in [-0.3, -0.25) is 9.78 Å². The van der Waals surface area contributed by atoms with Crippen LogP contribution in [0.3, 0.4) is 0 Å². The second kappa shape index (κ2) is 6.96. The molecule has 0 bridgehead atoms. The minimum atomic E-state index is -2.70. The fourth-order valence-electron chi connectivity index (χ4n) is 3.51. The molecule has 9 heteroatoms. The molecule has 0 spiro atoms. The number of ether oxygens (including phenoxy) is 1. The van der Waals surface area contributed by atoms with E-state index in [1.807, 2.05) is 24.0 Å². The molecule has 0 atom stereocenters. The zero-order valence-electron chi connectivity index (χ0n) is 15.3. The summed E-state index contributed by atoms with van der Waals surface area (Å²) in [6.45, 7) is 4.66. The molecule has 2 aromatic heterocycles. The van der Waals surface area contributed by atoms with Gasteiger partial charge in [-0.2, -0.15) is 5.26 Å². The number of rotatable bonds is 4. The summed E-state index contributed by atoms with van der Waals surface area (Å²) in [5.74, 6) is -2.70. The van der Waals surface area contributed by atoms with Crippen LogP contribution in [-0.4, -0.2) is 52.6 Å². The van der Waals surface area contributed by atoms with E-state index in [0.717, 1.165) is 17.5 Å². The van der Waals surface area contributed by atoms with Crippen LogP contribution in [0, 0.1) is 11.3 Å². The number of nitriles is 1. The molecule has 3 rings (SSSR count). The molecule has 1 saturated heterocycles. The smallest absolute Gasteiger partial charge is 0.268 e. The van der Waals surface area contributed by atoms with E-state index >= 15 is 0 Å². The quantitative estimate of drug-likeness (QED) is 0.530. The van der Waals surface area contributed by atoms with Gasteiger partial charge < -0.3 is 24.8 Å². The third kappa shape index (κ3) is 3.98. The van der Waals surface area contributed by atoms with Gasteiger partial charge in [-0.25, -0.2) is 0 Å². The van der Waals surface area contributed by atoms with Crippen molar-refractivity contribution < 1.29 is 14.9 Å². The maximum Gasteiger partial charge on any atom is 0.268 e. The maximum atomic E-state index is 12.4. The number of piperidine rings is 1. The van der Waals surface area contributed by atoms with E-state index in [2.05, 4.69) is 9.97 Å². The van der Waals surface area contributed by atoms with Crippen LogP contribution < -0.4 is 10.5 Å². The Morgan fingerprint density at radius 1 is 1.48 bits per heavy atom. The number of H-pyrrole nitrogens is 1. The van der Waals surface area contributed by atoms with E-state index < -0.39 is 17.0 Å². The van der Waals surface area contributed by atoms with Crippen molar-refractivity contribution in [1.29, 1.82) is 5.26 Å². The van der Waals surface area contributed by atoms with E-state index in [0.29, 0.717) is 37.1 Å². The molecule has 0 amide bonds. The average molecular weight is 368 g/mol. The van der Waals surface area contributed by atoms with Gasteiger partial charge >= 0.3 is 0 Å². The Labute approximate surface area is 157 Å². The van der Waals surface area contributed by atoms with Crippen LogP contribution in [0.1, 0.15) is 37.9 Å². The molecule has 3 N–H and O–H groups in total. The number of fused-ring (bicyclic) bond motifs is 1. The Morgan fingerprint density at radius 2 is 2.15 bits per heavy atom. The van der Waals surface area contributed by atoms with Crippen molar-refractivity contribution in [2.24, 2.45) is 0 Å². The van der Waals surface area contributed by atoms with E-state index in [9.17, 15) is 20.3 Å². The van der Waals surface area contributed by atoms with E-state index in [1.165, 1.54) is 0 Å². The molecule has 1 fully saturated rings. The summed E-state index contributed by atoms with van der Waals surface area (Å²) in [5, 5.41) is 29.0. The van der Waals surface area contributed by atoms with Crippen molar-refractivity contribution in [2.45, 2.75) is 44.6 Å². The summed E-state index contributed by atoms with van der Waals surface area (Å²) in [4.78, 5) is 21.3. The lowest BCUT2D eigenvalue weighted by molar-refractivity contribution is -0.321. The zero-order chi connectivity index (χ0) is 19.8. The lowest BCUT2D eigenvalue weighted by Crippen LogP contribution is -2.50. The van der Waals surface area contributed by atoms with Crippen LogP contribution in [-0.2, 0) is 11.2 Å². The van der Waals surface area contributed by atoms with Gasteiger partial charge in [0.25, 0.3) is 5.56 Å². The van der Waals surface area contributed by atoms with E-state index in [-0.39, 0.29) is 5.56 Å². The minimum absolute atomic E-state index is 0.0535. The number of aromatic nitrogens is 2. The van der Waals surface area contributed by atoms with E-state index in [4.69, 9.17) is 12.6 Å². The number of anilines is 1. The monoisotopic (exact) mass is 368 g/mol. The van der Waals surface area contributed by atoms with Gasteiger partial charge in [0.15, 0.2) is 7.85 Å². The maximum absolute atomic E-state index is 12.4. The largest absolute Gasteiger partial charge is 0.370 e. The molecule has 2 aromatic rings. The molecule has 0 unspecified atom stereocenters. The van der Waals surface area contributed by atoms with Crippen LogP contribution in [0.25, 0.3) is 10.9 Å². The highest BCUT2D eigenvalue weighted by atomic mass is 16.8. The van der Waals surface area contributed by atoms with Gasteiger partial charge in [0.1, 0.15) is 11.6 Å². The highest BCUT2D eigenvalue weighted by molar-refractivity contribution is 6.11. The first kappa shape index (κ1) is 19.4. The molecular formula is C18H21BN4O4. The normalized spacial score (nSPS) is 17.1. The number of nitrogens with one attached hydrogen (secondary N) is 1. The topological polar surface area (TPSA) is 122 Å². The number of aliphatic hydroxyl groups is 2. The second-order valence-corrected chi connectivity index (χ2v) is 7.06. The highest BCUT2D eigenvalue weighted by Gasteiger charge is 2.37. The minimum Gasteiger partial charge on any atom is -0.370 e. The molecule has 0 aliphatic carbocycles. The first-order chi connectivity index (χ1) is 12.7. The molecular weight excluding hydrogens is 347 g/mol. The second-order valence-electron chi connectivity index (χ2n) is 7.06. The van der Waals surface area contributed by atoms with Crippen molar-refractivity contribution in [1.82, 2.24) is 9.97 Å². The molecule has 140 valence electrons. The zero-order valence-corrected chi connectivity index (χ0v) is 15.3. The summed E-state index contributed by atoms with van der Waals surface area (Å²) in [6.07, 6.45) is 3.22. The lowest BCUT2D eigenvalue weighted by Gasteiger charge is -2.43. The van der Waals surface area contributed by atoms with Crippen LogP contribution in [0.15, 0.2) is 17.1 Å². The number of hydrogen-bond donors (Lipinski definition) is 3. The standard InChI is InChI=1S/C18H21BN4O4/c1-3-11-8-12-14(10-21-11)22-16(24)13(9-20)15(12)23-6-4-17(2,5-7-23)27-18(19,25)26/h8,10,25-26H,3-7H2,1-2H3,(H,22,24). The van der Waals surface area contributed by atoms with Crippen molar-refractivity contribution in [3.63, 3.8) is 0 Å². The summed E-state index contributed by atoms with van der Waals surface area (Å²) in [7, 11) is 5.15. The summed E-state index contributed by atoms with van der Waals surface area (Å²) in [5.41, 5.74) is 0.776. The average Bonchev–Trinajstić information content (AvgIpc) is 2.59. The number of aryl methyl sites for hydroxylation is 1. The van der Waals surface area contributed by atoms with Gasteiger partial charge in [0, 0.05) is 24.2 Å². The predicted molar refractivity (Wildman–Crippen MR) is 100 cm³/mol. The van der Waals surface area contributed by atoms with Gasteiger partial charge in [-0.1, -0.05) is 6.92 Å². The molecule has 0 aromatic carbocycles. The van der Waals surface area contributed by atoms with Crippen LogP contribution in [0.5, 0.6) is 0 Å². The Bertz CT molecular complexity index is 953. The fourth-order valence-corrected chi connectivity index (χ4v) is 3.51. The third-order valence-corrected chi connectivity index (χ3v) is 4.94. The number of aromatic amines is 1. The van der Waals surface area contributed by atoms with Crippen LogP contribution in [0.4, 0.5) is 5.69 Å². The molecule has 3 heterocycles. The van der Waals surface area contributed by atoms with E-state index in [1.54, 1.807) is 13.1 Å². The van der Waals surface area contributed by atoms with Gasteiger partial charge in [0.05, 0.1) is 23.0 Å². The van der Waals surface area contributed by atoms with Crippen LogP contribution >= 0.6 is 0 Å². The van der Waals surface area contributed by atoms with Gasteiger partial charge in [-0.15, -0.1) is 0 Å². The third-order valence-electron chi connectivity index (χ3n) is 4.94. The fraction of sp³-hybridized carbons (Fsp3) is 0.500. The summed E-state index contributed by atoms with van der Waals surface area (Å²) >= 11 is 0. The first-order valence-corrected chi connectivity index (χ1v) is 8.79. The SMILES string of the molecule is [B]C(O)(O)OC1(C)CCN(c2c(C#N)c(=O)[nH]c3cnc(CC)cc23)CC1. The molecule has 1 aliphatic heterocycles. The predicted octanol–water partition coefficient (Wildman–Crippen LogP) is 0.497. The van der Waals surface area contributed by atoms with Crippen molar-refractivity contribution in [2.75, 3.05) is 18.0 Å². The Balaban J connectivity index is 2.02. The van der Waals surface area contributed by atoms with Crippen molar-refractivity contribution >= 4 is 24.4 Å².